The Morgan fingerprint density at radius 2 is 1.96 bits per heavy atom. The molecular formula is C17H15ClN2O2S. The van der Waals surface area contributed by atoms with Crippen LogP contribution in [0.2, 0.25) is 5.02 Å². The molecule has 1 saturated heterocycles. The summed E-state index contributed by atoms with van der Waals surface area (Å²) in [6, 6.07) is 13.9. The van der Waals surface area contributed by atoms with Crippen LogP contribution in [0.15, 0.2) is 42.5 Å². The molecule has 0 bridgehead atoms. The van der Waals surface area contributed by atoms with Gasteiger partial charge < -0.3 is 5.11 Å². The van der Waals surface area contributed by atoms with E-state index in [1.54, 1.807) is 29.2 Å². The van der Waals surface area contributed by atoms with Crippen LogP contribution < -0.4 is 4.90 Å². The maximum atomic E-state index is 12.2. The number of carbonyl (C=O) groups excluding carboxylic acids is 1. The van der Waals surface area contributed by atoms with Crippen LogP contribution in [0.25, 0.3) is 0 Å². The molecule has 6 heteroatoms. The van der Waals surface area contributed by atoms with E-state index in [0.29, 0.717) is 22.0 Å². The number of halogens is 1. The van der Waals surface area contributed by atoms with Crippen LogP contribution in [0.4, 0.5) is 5.69 Å². The number of nitriles is 1. The predicted octanol–water partition coefficient (Wildman–Crippen LogP) is 4.33. The van der Waals surface area contributed by atoms with Crippen LogP contribution in [0, 0.1) is 11.3 Å². The highest BCUT2D eigenvalue weighted by atomic mass is 35.5. The van der Waals surface area contributed by atoms with Crippen molar-refractivity contribution in [2.24, 2.45) is 0 Å². The lowest BCUT2D eigenvalue weighted by molar-refractivity contribution is -0.115. The minimum atomic E-state index is -0.229. The number of carbonyl (C=O) groups is 1. The summed E-state index contributed by atoms with van der Waals surface area (Å²) in [7, 11) is 0. The Labute approximate surface area is 144 Å². The summed E-state index contributed by atoms with van der Waals surface area (Å²) in [6.07, 6.45) is 0. The monoisotopic (exact) mass is 346 g/mol. The third kappa shape index (κ3) is 3.29. The zero-order chi connectivity index (χ0) is 15.7. The van der Waals surface area contributed by atoms with E-state index in [1.807, 2.05) is 12.1 Å². The second-order valence-corrected chi connectivity index (χ2v) is 6.30. The zero-order valence-corrected chi connectivity index (χ0v) is 12.9. The van der Waals surface area contributed by atoms with Crippen molar-refractivity contribution in [3.8, 4) is 11.8 Å². The first kappa shape index (κ1) is 17.2. The molecule has 1 aliphatic heterocycles. The molecule has 3 rings (SSSR count). The molecule has 2 aromatic rings. The van der Waals surface area contributed by atoms with Gasteiger partial charge in [0.2, 0.25) is 5.91 Å². The van der Waals surface area contributed by atoms with Crippen LogP contribution in [0.5, 0.6) is 5.75 Å². The Hall–Kier alpha value is -2.16. The molecule has 0 aromatic heterocycles. The fourth-order valence-electron chi connectivity index (χ4n) is 2.35. The Bertz CT molecular complexity index is 771. The quantitative estimate of drug-likeness (QED) is 0.878. The van der Waals surface area contributed by atoms with Crippen LogP contribution in [0.1, 0.15) is 23.9 Å². The molecule has 0 spiro atoms. The molecule has 118 valence electrons. The highest BCUT2D eigenvalue weighted by molar-refractivity contribution is 8.00. The SMILES string of the molecule is C.N#Cc1ccc(C2SCC(=O)N2c2ccc(Cl)cc2O)cc1. The van der Waals surface area contributed by atoms with Crippen molar-refractivity contribution < 1.29 is 9.90 Å². The maximum absolute atomic E-state index is 12.2. The van der Waals surface area contributed by atoms with Crippen LogP contribution in [0.3, 0.4) is 0 Å². The van der Waals surface area contributed by atoms with E-state index in [1.165, 1.54) is 17.8 Å². The number of phenolic OH excluding ortho intramolecular Hbond substituents is 1. The first-order chi connectivity index (χ1) is 10.6. The molecule has 0 aliphatic carbocycles. The van der Waals surface area contributed by atoms with Crippen molar-refractivity contribution in [3.63, 3.8) is 0 Å². The molecule has 23 heavy (non-hydrogen) atoms. The first-order valence-corrected chi connectivity index (χ1v) is 7.95. The topological polar surface area (TPSA) is 64.3 Å². The van der Waals surface area contributed by atoms with Gasteiger partial charge >= 0.3 is 0 Å². The molecule has 1 aliphatic rings. The number of anilines is 1. The van der Waals surface area contributed by atoms with Crippen molar-refractivity contribution in [1.29, 1.82) is 5.26 Å². The van der Waals surface area contributed by atoms with Crippen molar-refractivity contribution in [2.45, 2.75) is 12.8 Å². The zero-order valence-electron chi connectivity index (χ0n) is 11.4. The first-order valence-electron chi connectivity index (χ1n) is 6.52. The lowest BCUT2D eigenvalue weighted by Gasteiger charge is -2.25. The van der Waals surface area contributed by atoms with Crippen LogP contribution >= 0.6 is 23.4 Å². The lowest BCUT2D eigenvalue weighted by Crippen LogP contribution is -2.27. The van der Waals surface area contributed by atoms with Gasteiger partial charge in [0.1, 0.15) is 11.1 Å². The number of rotatable bonds is 2. The van der Waals surface area contributed by atoms with Gasteiger partial charge in [0.05, 0.1) is 23.1 Å². The lowest BCUT2D eigenvalue weighted by atomic mass is 10.1. The minimum absolute atomic E-state index is 0. The summed E-state index contributed by atoms with van der Waals surface area (Å²) in [6.45, 7) is 0. The largest absolute Gasteiger partial charge is 0.506 e. The van der Waals surface area contributed by atoms with Gasteiger partial charge in [-0.3, -0.25) is 9.69 Å². The molecule has 1 fully saturated rings. The molecule has 1 unspecified atom stereocenters. The summed E-state index contributed by atoms with van der Waals surface area (Å²) in [5.74, 6) is 0.242. The fourth-order valence-corrected chi connectivity index (χ4v) is 3.69. The van der Waals surface area contributed by atoms with Crippen molar-refractivity contribution in [3.05, 3.63) is 58.6 Å². The molecule has 0 saturated carbocycles. The van der Waals surface area contributed by atoms with Crippen LogP contribution in [-0.2, 0) is 4.79 Å². The number of phenols is 1. The van der Waals surface area contributed by atoms with Gasteiger partial charge in [-0.05, 0) is 29.8 Å². The van der Waals surface area contributed by atoms with E-state index in [0.717, 1.165) is 5.56 Å². The van der Waals surface area contributed by atoms with E-state index in [4.69, 9.17) is 16.9 Å². The molecule has 1 heterocycles. The number of nitrogens with zero attached hydrogens (tertiary/aromatic N) is 2. The Morgan fingerprint density at radius 3 is 2.57 bits per heavy atom. The van der Waals surface area contributed by atoms with E-state index >= 15 is 0 Å². The average Bonchev–Trinajstić information content (AvgIpc) is 2.89. The fraction of sp³-hybridized carbons (Fsp3) is 0.176. The van der Waals surface area contributed by atoms with E-state index in [-0.39, 0.29) is 24.5 Å². The molecule has 1 N–H and O–H groups in total. The Kier molecular flexibility index (Phi) is 5.19. The number of amides is 1. The van der Waals surface area contributed by atoms with Gasteiger partial charge in [0, 0.05) is 11.1 Å². The van der Waals surface area contributed by atoms with Crippen molar-refractivity contribution in [2.75, 3.05) is 10.7 Å². The molecular weight excluding hydrogens is 332 g/mol. The second-order valence-electron chi connectivity index (χ2n) is 4.79. The number of thioether (sulfide) groups is 1. The van der Waals surface area contributed by atoms with Crippen LogP contribution in [-0.4, -0.2) is 16.8 Å². The second kappa shape index (κ2) is 6.95. The van der Waals surface area contributed by atoms with Gasteiger partial charge in [-0.15, -0.1) is 11.8 Å². The van der Waals surface area contributed by atoms with Gasteiger partial charge in [0.25, 0.3) is 0 Å². The van der Waals surface area contributed by atoms with Crippen molar-refractivity contribution in [1.82, 2.24) is 0 Å². The van der Waals surface area contributed by atoms with Gasteiger partial charge in [-0.25, -0.2) is 0 Å². The maximum Gasteiger partial charge on any atom is 0.238 e. The minimum Gasteiger partial charge on any atom is -0.506 e. The normalized spacial score (nSPS) is 16.8. The third-order valence-electron chi connectivity index (χ3n) is 3.39. The average molecular weight is 347 g/mol. The highest BCUT2D eigenvalue weighted by Gasteiger charge is 2.35. The Balaban J connectivity index is 0.00000192. The Morgan fingerprint density at radius 1 is 1.26 bits per heavy atom. The predicted molar refractivity (Wildman–Crippen MR) is 93.7 cm³/mol. The summed E-state index contributed by atoms with van der Waals surface area (Å²) in [5, 5.41) is 19.1. The summed E-state index contributed by atoms with van der Waals surface area (Å²) < 4.78 is 0. The molecule has 2 aromatic carbocycles. The number of benzene rings is 2. The smallest absolute Gasteiger partial charge is 0.238 e. The molecule has 4 nitrogen and oxygen atoms in total. The molecule has 1 atom stereocenters. The van der Waals surface area contributed by atoms with E-state index in [2.05, 4.69) is 6.07 Å². The summed E-state index contributed by atoms with van der Waals surface area (Å²) >= 11 is 7.33. The summed E-state index contributed by atoms with van der Waals surface area (Å²) in [4.78, 5) is 13.8. The van der Waals surface area contributed by atoms with Gasteiger partial charge in [-0.1, -0.05) is 31.2 Å². The van der Waals surface area contributed by atoms with E-state index in [9.17, 15) is 9.90 Å². The molecule has 0 radical (unpaired) electrons. The number of aromatic hydroxyl groups is 1. The molecule has 1 amide bonds. The van der Waals surface area contributed by atoms with E-state index < -0.39 is 0 Å². The van der Waals surface area contributed by atoms with Gasteiger partial charge in [-0.2, -0.15) is 5.26 Å². The van der Waals surface area contributed by atoms with Crippen molar-refractivity contribution >= 4 is 35.0 Å². The van der Waals surface area contributed by atoms with Gasteiger partial charge in [0.15, 0.2) is 0 Å². The summed E-state index contributed by atoms with van der Waals surface area (Å²) in [5.41, 5.74) is 1.91. The number of hydrogen-bond acceptors (Lipinski definition) is 4. The number of hydrogen-bond donors (Lipinski definition) is 1. The highest BCUT2D eigenvalue weighted by Crippen LogP contribution is 2.45. The standard InChI is InChI=1S/C16H11ClN2O2S.CH4/c17-12-5-6-13(14(20)7-12)19-15(21)9-22-16(19)11-3-1-10(8-18)2-4-11;/h1-7,16,20H,9H2;1H4. The third-order valence-corrected chi connectivity index (χ3v) is 4.84.